The Morgan fingerprint density at radius 3 is 2.39 bits per heavy atom. The van der Waals surface area contributed by atoms with E-state index in [0.717, 1.165) is 43.3 Å². The van der Waals surface area contributed by atoms with Crippen LogP contribution in [0.2, 0.25) is 5.02 Å². The van der Waals surface area contributed by atoms with Crippen molar-refractivity contribution in [1.82, 2.24) is 4.90 Å². The molecule has 2 aromatic carbocycles. The van der Waals surface area contributed by atoms with Crippen molar-refractivity contribution >= 4 is 17.3 Å². The Hall–Kier alpha value is -2.02. The highest BCUT2D eigenvalue weighted by atomic mass is 35.5. The van der Waals surface area contributed by atoms with Gasteiger partial charge < -0.3 is 4.90 Å². The van der Waals surface area contributed by atoms with E-state index in [1.807, 2.05) is 30.3 Å². The summed E-state index contributed by atoms with van der Waals surface area (Å²) in [7, 11) is 0. The summed E-state index contributed by atoms with van der Waals surface area (Å²) < 4.78 is 0. The molecule has 3 nitrogen and oxygen atoms in total. The largest absolute Gasteiger partial charge is 0.369 e. The van der Waals surface area contributed by atoms with E-state index in [4.69, 9.17) is 16.9 Å². The molecule has 0 atom stereocenters. The minimum absolute atomic E-state index is 0.718. The molecule has 1 heterocycles. The maximum Gasteiger partial charge on any atom is 0.0991 e. The van der Waals surface area contributed by atoms with Gasteiger partial charge in [-0.05, 0) is 42.3 Å². The first-order chi connectivity index (χ1) is 11.2. The third-order valence-electron chi connectivity index (χ3n) is 4.37. The zero-order valence-electron chi connectivity index (χ0n) is 13.3. The normalized spacial score (nSPS) is 15.4. The lowest BCUT2D eigenvalue weighted by Crippen LogP contribution is -2.46. The van der Waals surface area contributed by atoms with Crippen molar-refractivity contribution < 1.29 is 0 Å². The molecule has 1 aliphatic rings. The Labute approximate surface area is 142 Å². The topological polar surface area (TPSA) is 30.3 Å². The molecule has 1 aliphatic heterocycles. The summed E-state index contributed by atoms with van der Waals surface area (Å²) in [6, 6.07) is 16.1. The van der Waals surface area contributed by atoms with Crippen molar-refractivity contribution in [2.45, 2.75) is 13.5 Å². The van der Waals surface area contributed by atoms with E-state index < -0.39 is 0 Å². The molecule has 118 valence electrons. The Morgan fingerprint density at radius 1 is 1.04 bits per heavy atom. The molecule has 0 unspecified atom stereocenters. The molecule has 0 aliphatic carbocycles. The van der Waals surface area contributed by atoms with Gasteiger partial charge in [0.05, 0.1) is 11.6 Å². The predicted octanol–water partition coefficient (Wildman–Crippen LogP) is 3.84. The number of piperazine rings is 1. The molecule has 1 fully saturated rings. The summed E-state index contributed by atoms with van der Waals surface area (Å²) >= 11 is 6.14. The number of aryl methyl sites for hydroxylation is 1. The second-order valence-electron chi connectivity index (χ2n) is 6.00. The van der Waals surface area contributed by atoms with Gasteiger partial charge in [0, 0.05) is 43.4 Å². The molecule has 1 saturated heterocycles. The van der Waals surface area contributed by atoms with Crippen molar-refractivity contribution in [3.05, 3.63) is 64.2 Å². The van der Waals surface area contributed by atoms with Crippen molar-refractivity contribution in [1.29, 1.82) is 5.26 Å². The van der Waals surface area contributed by atoms with Gasteiger partial charge in [-0.2, -0.15) is 5.26 Å². The minimum atomic E-state index is 0.718. The number of rotatable bonds is 3. The highest BCUT2D eigenvalue weighted by molar-refractivity contribution is 6.30. The van der Waals surface area contributed by atoms with Gasteiger partial charge in [0.15, 0.2) is 0 Å². The summed E-state index contributed by atoms with van der Waals surface area (Å²) in [4.78, 5) is 4.87. The number of benzene rings is 2. The lowest BCUT2D eigenvalue weighted by Gasteiger charge is -2.37. The summed E-state index contributed by atoms with van der Waals surface area (Å²) in [5, 5.41) is 9.65. The predicted molar refractivity (Wildman–Crippen MR) is 94.8 cm³/mol. The van der Waals surface area contributed by atoms with Gasteiger partial charge in [0.25, 0.3) is 0 Å². The first-order valence-corrected chi connectivity index (χ1v) is 8.26. The van der Waals surface area contributed by atoms with Crippen LogP contribution >= 0.6 is 11.6 Å². The highest BCUT2D eigenvalue weighted by Gasteiger charge is 2.18. The quantitative estimate of drug-likeness (QED) is 0.859. The Balaban J connectivity index is 1.59. The third kappa shape index (κ3) is 3.85. The maximum absolute atomic E-state index is 8.85. The van der Waals surface area contributed by atoms with Crippen LogP contribution in [-0.2, 0) is 6.54 Å². The summed E-state index contributed by atoms with van der Waals surface area (Å²) in [6.45, 7) is 7.16. The lowest BCUT2D eigenvalue weighted by molar-refractivity contribution is 0.250. The molecular formula is C19H20ClN3. The summed E-state index contributed by atoms with van der Waals surface area (Å²) in [5.74, 6) is 0. The molecule has 0 aromatic heterocycles. The van der Waals surface area contributed by atoms with Crippen LogP contribution in [0, 0.1) is 18.3 Å². The Morgan fingerprint density at radius 2 is 1.74 bits per heavy atom. The average Bonchev–Trinajstić information content (AvgIpc) is 2.58. The van der Waals surface area contributed by atoms with Gasteiger partial charge in [-0.25, -0.2) is 0 Å². The number of anilines is 1. The zero-order valence-corrected chi connectivity index (χ0v) is 14.1. The molecule has 0 radical (unpaired) electrons. The lowest BCUT2D eigenvalue weighted by atomic mass is 10.1. The van der Waals surface area contributed by atoms with Crippen LogP contribution in [0.25, 0.3) is 0 Å². The Bertz CT molecular complexity index is 710. The molecule has 0 saturated carbocycles. The first kappa shape index (κ1) is 15.9. The standard InChI is InChI=1S/C19H20ClN3/c1-15-2-7-18(20)12-19(15)23-10-8-22(9-11-23)14-17-5-3-16(13-21)4-6-17/h2-7,12H,8-11,14H2,1H3. The zero-order chi connectivity index (χ0) is 16.2. The number of hydrogen-bond donors (Lipinski definition) is 0. The van der Waals surface area contributed by atoms with Crippen LogP contribution in [0.1, 0.15) is 16.7 Å². The van der Waals surface area contributed by atoms with Crippen molar-refractivity contribution in [2.24, 2.45) is 0 Å². The van der Waals surface area contributed by atoms with E-state index in [9.17, 15) is 0 Å². The fraction of sp³-hybridized carbons (Fsp3) is 0.316. The molecule has 2 aromatic rings. The van der Waals surface area contributed by atoms with E-state index in [1.54, 1.807) is 0 Å². The molecule has 0 amide bonds. The van der Waals surface area contributed by atoms with E-state index >= 15 is 0 Å². The molecule has 0 N–H and O–H groups in total. The van der Waals surface area contributed by atoms with Crippen LogP contribution < -0.4 is 4.90 Å². The van der Waals surface area contributed by atoms with Gasteiger partial charge in [-0.3, -0.25) is 4.90 Å². The van der Waals surface area contributed by atoms with Crippen LogP contribution in [0.4, 0.5) is 5.69 Å². The fourth-order valence-corrected chi connectivity index (χ4v) is 3.18. The third-order valence-corrected chi connectivity index (χ3v) is 4.61. The number of hydrogen-bond acceptors (Lipinski definition) is 3. The first-order valence-electron chi connectivity index (χ1n) is 7.88. The second-order valence-corrected chi connectivity index (χ2v) is 6.44. The van der Waals surface area contributed by atoms with Gasteiger partial charge in [-0.1, -0.05) is 29.8 Å². The summed E-state index contributed by atoms with van der Waals surface area (Å²) in [5.41, 5.74) is 4.50. The highest BCUT2D eigenvalue weighted by Crippen LogP contribution is 2.25. The van der Waals surface area contributed by atoms with E-state index in [0.29, 0.717) is 0 Å². The second kappa shape index (κ2) is 7.04. The number of nitriles is 1. The monoisotopic (exact) mass is 325 g/mol. The molecule has 4 heteroatoms. The number of nitrogens with zero attached hydrogens (tertiary/aromatic N) is 3. The van der Waals surface area contributed by atoms with E-state index in [2.05, 4.69) is 34.9 Å². The molecule has 3 rings (SSSR count). The van der Waals surface area contributed by atoms with Crippen LogP contribution in [0.15, 0.2) is 42.5 Å². The van der Waals surface area contributed by atoms with Crippen molar-refractivity contribution in [3.63, 3.8) is 0 Å². The van der Waals surface area contributed by atoms with E-state index in [-0.39, 0.29) is 0 Å². The average molecular weight is 326 g/mol. The van der Waals surface area contributed by atoms with E-state index in [1.165, 1.54) is 16.8 Å². The van der Waals surface area contributed by atoms with Crippen LogP contribution in [0.3, 0.4) is 0 Å². The van der Waals surface area contributed by atoms with Crippen molar-refractivity contribution in [3.8, 4) is 6.07 Å². The fourth-order valence-electron chi connectivity index (χ4n) is 3.01. The SMILES string of the molecule is Cc1ccc(Cl)cc1N1CCN(Cc2ccc(C#N)cc2)CC1. The molecule has 0 bridgehead atoms. The molecular weight excluding hydrogens is 306 g/mol. The molecule has 23 heavy (non-hydrogen) atoms. The minimum Gasteiger partial charge on any atom is -0.369 e. The maximum atomic E-state index is 8.85. The summed E-state index contributed by atoms with van der Waals surface area (Å²) in [6.07, 6.45) is 0. The van der Waals surface area contributed by atoms with Crippen LogP contribution in [-0.4, -0.2) is 31.1 Å². The smallest absolute Gasteiger partial charge is 0.0991 e. The molecule has 0 spiro atoms. The van der Waals surface area contributed by atoms with Gasteiger partial charge in [-0.15, -0.1) is 0 Å². The van der Waals surface area contributed by atoms with Gasteiger partial charge in [0.2, 0.25) is 0 Å². The Kier molecular flexibility index (Phi) is 4.85. The van der Waals surface area contributed by atoms with Gasteiger partial charge >= 0.3 is 0 Å². The van der Waals surface area contributed by atoms with Crippen molar-refractivity contribution in [2.75, 3.05) is 31.1 Å². The number of halogens is 1. The van der Waals surface area contributed by atoms with Crippen LogP contribution in [0.5, 0.6) is 0 Å². The van der Waals surface area contributed by atoms with Gasteiger partial charge in [0.1, 0.15) is 0 Å².